The van der Waals surface area contributed by atoms with E-state index in [2.05, 4.69) is 10.5 Å². The molecule has 4 nitrogen and oxygen atoms in total. The van der Waals surface area contributed by atoms with E-state index in [0.717, 1.165) is 11.3 Å². The highest BCUT2D eigenvalue weighted by Crippen LogP contribution is 2.12. The van der Waals surface area contributed by atoms with Crippen LogP contribution in [0.3, 0.4) is 0 Å². The Bertz CT molecular complexity index is 651. The highest BCUT2D eigenvalue weighted by molar-refractivity contribution is 6.30. The van der Waals surface area contributed by atoms with E-state index in [1.165, 1.54) is 0 Å². The van der Waals surface area contributed by atoms with Gasteiger partial charge in [0.15, 0.2) is 0 Å². The molecule has 108 valence electrons. The second kappa shape index (κ2) is 6.90. The molecule has 0 aliphatic rings. The summed E-state index contributed by atoms with van der Waals surface area (Å²) >= 11 is 5.87. The zero-order chi connectivity index (χ0) is 15.2. The number of nitrogens with one attached hydrogen (secondary N) is 1. The predicted octanol–water partition coefficient (Wildman–Crippen LogP) is 3.17. The maximum atomic E-state index is 11.9. The van der Waals surface area contributed by atoms with E-state index in [0.29, 0.717) is 10.6 Å². The molecule has 0 saturated heterocycles. The van der Waals surface area contributed by atoms with Gasteiger partial charge in [-0.2, -0.15) is 5.10 Å². The van der Waals surface area contributed by atoms with Gasteiger partial charge in [-0.3, -0.25) is 4.79 Å². The molecule has 0 aliphatic carbocycles. The minimum absolute atomic E-state index is 0.251. The van der Waals surface area contributed by atoms with Crippen molar-refractivity contribution in [1.82, 2.24) is 5.43 Å². The third-order valence-corrected chi connectivity index (χ3v) is 3.11. The van der Waals surface area contributed by atoms with Gasteiger partial charge in [-0.1, -0.05) is 23.7 Å². The number of carbonyl (C=O) groups is 1. The Labute approximate surface area is 129 Å². The van der Waals surface area contributed by atoms with E-state index >= 15 is 0 Å². The SMILES string of the molecule is CN(C)c1ccc(C(=O)N/N=C/c2cccc(Cl)c2)cc1. The van der Waals surface area contributed by atoms with Crippen LogP contribution in [0.25, 0.3) is 0 Å². The molecule has 0 atom stereocenters. The molecular weight excluding hydrogens is 286 g/mol. The van der Waals surface area contributed by atoms with E-state index in [1.54, 1.807) is 30.5 Å². The fraction of sp³-hybridized carbons (Fsp3) is 0.125. The highest BCUT2D eigenvalue weighted by atomic mass is 35.5. The van der Waals surface area contributed by atoms with Crippen LogP contribution in [0.5, 0.6) is 0 Å². The van der Waals surface area contributed by atoms with Gasteiger partial charge in [-0.25, -0.2) is 5.43 Å². The molecule has 5 heteroatoms. The Morgan fingerprint density at radius 1 is 1.19 bits per heavy atom. The van der Waals surface area contributed by atoms with Crippen molar-refractivity contribution in [2.75, 3.05) is 19.0 Å². The van der Waals surface area contributed by atoms with Gasteiger partial charge < -0.3 is 4.90 Å². The van der Waals surface area contributed by atoms with Gasteiger partial charge in [0.2, 0.25) is 0 Å². The Kier molecular flexibility index (Phi) is 4.95. The number of nitrogens with zero attached hydrogens (tertiary/aromatic N) is 2. The molecule has 0 heterocycles. The monoisotopic (exact) mass is 301 g/mol. The van der Waals surface area contributed by atoms with Gasteiger partial charge in [0, 0.05) is 30.4 Å². The summed E-state index contributed by atoms with van der Waals surface area (Å²) in [6.07, 6.45) is 1.55. The Morgan fingerprint density at radius 3 is 2.52 bits per heavy atom. The predicted molar refractivity (Wildman–Crippen MR) is 87.3 cm³/mol. The standard InChI is InChI=1S/C16H16ClN3O/c1-20(2)15-8-6-13(7-9-15)16(21)19-18-11-12-4-3-5-14(17)10-12/h3-11H,1-2H3,(H,19,21)/b18-11+. The molecule has 0 saturated carbocycles. The van der Waals surface area contributed by atoms with E-state index in [-0.39, 0.29) is 5.91 Å². The van der Waals surface area contributed by atoms with E-state index < -0.39 is 0 Å². The lowest BCUT2D eigenvalue weighted by molar-refractivity contribution is 0.0955. The maximum absolute atomic E-state index is 11.9. The van der Waals surface area contributed by atoms with Crippen LogP contribution in [0.4, 0.5) is 5.69 Å². The van der Waals surface area contributed by atoms with Crippen LogP contribution in [-0.4, -0.2) is 26.2 Å². The van der Waals surface area contributed by atoms with Gasteiger partial charge >= 0.3 is 0 Å². The van der Waals surface area contributed by atoms with Crippen LogP contribution in [0, 0.1) is 0 Å². The Morgan fingerprint density at radius 2 is 1.90 bits per heavy atom. The number of carbonyl (C=O) groups excluding carboxylic acids is 1. The van der Waals surface area contributed by atoms with E-state index in [9.17, 15) is 4.79 Å². The molecule has 0 radical (unpaired) electrons. The van der Waals surface area contributed by atoms with E-state index in [4.69, 9.17) is 11.6 Å². The zero-order valence-corrected chi connectivity index (χ0v) is 12.6. The Balaban J connectivity index is 1.98. The molecule has 0 unspecified atom stereocenters. The van der Waals surface area contributed by atoms with Crippen LogP contribution in [-0.2, 0) is 0 Å². The normalized spacial score (nSPS) is 10.6. The molecule has 0 aromatic heterocycles. The van der Waals surface area contributed by atoms with Crippen molar-refractivity contribution in [3.8, 4) is 0 Å². The van der Waals surface area contributed by atoms with Gasteiger partial charge in [0.05, 0.1) is 6.21 Å². The number of rotatable bonds is 4. The first kappa shape index (κ1) is 15.1. The van der Waals surface area contributed by atoms with Crippen molar-refractivity contribution in [2.24, 2.45) is 5.10 Å². The summed E-state index contributed by atoms with van der Waals surface area (Å²) in [4.78, 5) is 13.9. The molecule has 1 N–H and O–H groups in total. The summed E-state index contributed by atoms with van der Waals surface area (Å²) in [6, 6.07) is 14.5. The molecule has 2 aromatic rings. The summed E-state index contributed by atoms with van der Waals surface area (Å²) in [6.45, 7) is 0. The number of hydrazone groups is 1. The lowest BCUT2D eigenvalue weighted by atomic mass is 10.2. The second-order valence-electron chi connectivity index (χ2n) is 4.70. The maximum Gasteiger partial charge on any atom is 0.271 e. The average molecular weight is 302 g/mol. The molecule has 1 amide bonds. The van der Waals surface area contributed by atoms with Crippen LogP contribution in [0.1, 0.15) is 15.9 Å². The zero-order valence-electron chi connectivity index (χ0n) is 11.9. The molecule has 2 rings (SSSR count). The minimum Gasteiger partial charge on any atom is -0.378 e. The second-order valence-corrected chi connectivity index (χ2v) is 5.13. The fourth-order valence-electron chi connectivity index (χ4n) is 1.73. The number of hydrogen-bond acceptors (Lipinski definition) is 3. The summed E-state index contributed by atoms with van der Waals surface area (Å²) in [7, 11) is 3.90. The van der Waals surface area contributed by atoms with Gasteiger partial charge in [0.25, 0.3) is 5.91 Å². The molecule has 0 aliphatic heterocycles. The average Bonchev–Trinajstić information content (AvgIpc) is 2.47. The number of amides is 1. The first-order chi connectivity index (χ1) is 10.1. The largest absolute Gasteiger partial charge is 0.378 e. The summed E-state index contributed by atoms with van der Waals surface area (Å²) in [5.41, 5.74) is 4.91. The van der Waals surface area contributed by atoms with Crippen LogP contribution in [0.2, 0.25) is 5.02 Å². The quantitative estimate of drug-likeness (QED) is 0.696. The van der Waals surface area contributed by atoms with Gasteiger partial charge in [0.1, 0.15) is 0 Å². The van der Waals surface area contributed by atoms with Crippen molar-refractivity contribution >= 4 is 29.4 Å². The van der Waals surface area contributed by atoms with Crippen molar-refractivity contribution < 1.29 is 4.79 Å². The summed E-state index contributed by atoms with van der Waals surface area (Å²) < 4.78 is 0. The molecule has 2 aromatic carbocycles. The van der Waals surface area contributed by atoms with Crippen molar-refractivity contribution in [3.63, 3.8) is 0 Å². The fourth-order valence-corrected chi connectivity index (χ4v) is 1.93. The molecule has 0 fully saturated rings. The first-order valence-corrected chi connectivity index (χ1v) is 6.80. The number of anilines is 1. The van der Waals surface area contributed by atoms with Crippen molar-refractivity contribution in [3.05, 3.63) is 64.7 Å². The third-order valence-electron chi connectivity index (χ3n) is 2.87. The first-order valence-electron chi connectivity index (χ1n) is 6.42. The smallest absolute Gasteiger partial charge is 0.271 e. The number of hydrogen-bond donors (Lipinski definition) is 1. The topological polar surface area (TPSA) is 44.7 Å². The number of benzene rings is 2. The van der Waals surface area contributed by atoms with Crippen LogP contribution < -0.4 is 10.3 Å². The van der Waals surface area contributed by atoms with Crippen LogP contribution in [0.15, 0.2) is 53.6 Å². The summed E-state index contributed by atoms with van der Waals surface area (Å²) in [5, 5.41) is 4.55. The molecule has 21 heavy (non-hydrogen) atoms. The molecule has 0 spiro atoms. The van der Waals surface area contributed by atoms with Crippen molar-refractivity contribution in [2.45, 2.75) is 0 Å². The molecular formula is C16H16ClN3O. The summed E-state index contributed by atoms with van der Waals surface area (Å²) in [5.74, 6) is -0.251. The Hall–Kier alpha value is -2.33. The van der Waals surface area contributed by atoms with E-state index in [1.807, 2.05) is 43.3 Å². The van der Waals surface area contributed by atoms with Gasteiger partial charge in [-0.05, 0) is 42.0 Å². The number of halogens is 1. The third kappa shape index (κ3) is 4.33. The molecule has 0 bridgehead atoms. The van der Waals surface area contributed by atoms with Gasteiger partial charge in [-0.15, -0.1) is 0 Å². The van der Waals surface area contributed by atoms with Crippen LogP contribution >= 0.6 is 11.6 Å². The highest BCUT2D eigenvalue weighted by Gasteiger charge is 2.04. The lowest BCUT2D eigenvalue weighted by Gasteiger charge is -2.12. The minimum atomic E-state index is -0.251. The lowest BCUT2D eigenvalue weighted by Crippen LogP contribution is -2.17. The van der Waals surface area contributed by atoms with Crippen molar-refractivity contribution in [1.29, 1.82) is 0 Å².